The van der Waals surface area contributed by atoms with E-state index in [0.29, 0.717) is 5.56 Å². The zero-order valence-corrected chi connectivity index (χ0v) is 16.3. The molecule has 0 radical (unpaired) electrons. The van der Waals surface area contributed by atoms with Crippen molar-refractivity contribution in [3.05, 3.63) is 95.1 Å². The van der Waals surface area contributed by atoms with Crippen LogP contribution >= 0.6 is 0 Å². The van der Waals surface area contributed by atoms with Gasteiger partial charge in [-0.05, 0) is 42.3 Å². The highest BCUT2D eigenvalue weighted by atomic mass is 32.2. The van der Waals surface area contributed by atoms with Crippen LogP contribution in [0, 0.1) is 18.6 Å². The molecule has 0 heterocycles. The largest absolute Gasteiger partial charge is 0.322 e. The lowest BCUT2D eigenvalue weighted by Crippen LogP contribution is -2.24. The molecule has 1 amide bonds. The third-order valence-corrected chi connectivity index (χ3v) is 5.65. The van der Waals surface area contributed by atoms with Gasteiger partial charge in [-0.3, -0.25) is 4.79 Å². The van der Waals surface area contributed by atoms with Gasteiger partial charge in [-0.2, -0.15) is 0 Å². The topological polar surface area (TPSA) is 75.3 Å². The summed E-state index contributed by atoms with van der Waals surface area (Å²) in [6, 6.07) is 16.1. The van der Waals surface area contributed by atoms with Crippen LogP contribution in [0.1, 0.15) is 21.5 Å². The molecule has 150 valence electrons. The van der Waals surface area contributed by atoms with Gasteiger partial charge in [0.1, 0.15) is 0 Å². The molecule has 0 saturated heterocycles. The van der Waals surface area contributed by atoms with Gasteiger partial charge in [0, 0.05) is 23.9 Å². The van der Waals surface area contributed by atoms with Crippen molar-refractivity contribution in [1.29, 1.82) is 0 Å². The normalized spacial score (nSPS) is 11.3. The number of hydrogen-bond acceptors (Lipinski definition) is 3. The van der Waals surface area contributed by atoms with Crippen LogP contribution in [0.4, 0.5) is 14.5 Å². The number of benzene rings is 3. The lowest BCUT2D eigenvalue weighted by Gasteiger charge is -2.11. The molecule has 0 aliphatic heterocycles. The molecule has 0 saturated carbocycles. The first kappa shape index (κ1) is 20.6. The third kappa shape index (κ3) is 5.04. The number of amides is 1. The summed E-state index contributed by atoms with van der Waals surface area (Å²) in [5.41, 5.74) is 1.49. The highest BCUT2D eigenvalue weighted by Gasteiger charge is 2.18. The van der Waals surface area contributed by atoms with Gasteiger partial charge in [0.25, 0.3) is 5.91 Å². The van der Waals surface area contributed by atoms with Crippen molar-refractivity contribution < 1.29 is 22.0 Å². The Hall–Kier alpha value is -3.10. The zero-order valence-electron chi connectivity index (χ0n) is 15.4. The quantitative estimate of drug-likeness (QED) is 0.638. The van der Waals surface area contributed by atoms with E-state index in [1.54, 1.807) is 31.2 Å². The van der Waals surface area contributed by atoms with E-state index >= 15 is 0 Å². The second-order valence-electron chi connectivity index (χ2n) is 6.37. The fraction of sp³-hybridized carbons (Fsp3) is 0.0952. The molecule has 8 heteroatoms. The number of rotatable bonds is 6. The molecule has 0 spiro atoms. The van der Waals surface area contributed by atoms with E-state index in [4.69, 9.17) is 0 Å². The van der Waals surface area contributed by atoms with Crippen LogP contribution in [0.25, 0.3) is 0 Å². The number of carbonyl (C=O) groups excluding carboxylic acids is 1. The van der Waals surface area contributed by atoms with E-state index in [1.807, 2.05) is 6.07 Å². The Morgan fingerprint density at radius 2 is 1.66 bits per heavy atom. The third-order valence-electron chi connectivity index (χ3n) is 4.25. The average molecular weight is 416 g/mol. The number of carbonyl (C=O) groups is 1. The van der Waals surface area contributed by atoms with Gasteiger partial charge < -0.3 is 5.32 Å². The summed E-state index contributed by atoms with van der Waals surface area (Å²) in [6.07, 6.45) is 0. The van der Waals surface area contributed by atoms with E-state index in [1.165, 1.54) is 24.3 Å². The maximum atomic E-state index is 13.3. The Bertz CT molecular complexity index is 1150. The summed E-state index contributed by atoms with van der Waals surface area (Å²) in [4.78, 5) is 12.5. The monoisotopic (exact) mass is 416 g/mol. The molecule has 0 atom stereocenters. The fourth-order valence-corrected chi connectivity index (χ4v) is 3.69. The Balaban J connectivity index is 1.81. The van der Waals surface area contributed by atoms with E-state index in [2.05, 4.69) is 10.0 Å². The van der Waals surface area contributed by atoms with Crippen LogP contribution < -0.4 is 10.0 Å². The van der Waals surface area contributed by atoms with Crippen molar-refractivity contribution in [2.75, 3.05) is 5.32 Å². The lowest BCUT2D eigenvalue weighted by atomic mass is 10.1. The molecule has 0 aromatic heterocycles. The van der Waals surface area contributed by atoms with Crippen molar-refractivity contribution in [2.45, 2.75) is 18.4 Å². The molecule has 5 nitrogen and oxygen atoms in total. The molecule has 3 rings (SSSR count). The minimum absolute atomic E-state index is 0.0590. The number of nitrogens with one attached hydrogen (secondary N) is 2. The van der Waals surface area contributed by atoms with Crippen LogP contribution in [0.15, 0.2) is 71.6 Å². The van der Waals surface area contributed by atoms with E-state index in [0.717, 1.165) is 17.7 Å². The molecular formula is C21H18F2N2O3S. The summed E-state index contributed by atoms with van der Waals surface area (Å²) in [7, 11) is -3.86. The van der Waals surface area contributed by atoms with E-state index < -0.39 is 27.6 Å². The van der Waals surface area contributed by atoms with Gasteiger partial charge in [0.05, 0.1) is 4.90 Å². The molecule has 0 bridgehead atoms. The predicted molar refractivity (Wildman–Crippen MR) is 106 cm³/mol. The van der Waals surface area contributed by atoms with E-state index in [-0.39, 0.29) is 22.7 Å². The van der Waals surface area contributed by atoms with Crippen molar-refractivity contribution in [2.24, 2.45) is 0 Å². The molecule has 0 fully saturated rings. The second-order valence-corrected chi connectivity index (χ2v) is 8.14. The standard InChI is InChI=1S/C21H18F2N2O3S/c1-14-7-9-17(29(27,28)24-13-15-5-3-2-4-6-15)12-18(14)21(26)25-16-8-10-19(22)20(23)11-16/h2-12,24H,13H2,1H3,(H,25,26). The van der Waals surface area contributed by atoms with Gasteiger partial charge in [-0.15, -0.1) is 0 Å². The minimum Gasteiger partial charge on any atom is -0.322 e. The first-order chi connectivity index (χ1) is 13.8. The minimum atomic E-state index is -3.86. The fourth-order valence-electron chi connectivity index (χ4n) is 2.64. The Kier molecular flexibility index (Phi) is 6.05. The molecule has 0 aliphatic carbocycles. The summed E-state index contributed by atoms with van der Waals surface area (Å²) in [5, 5.41) is 2.44. The summed E-state index contributed by atoms with van der Waals surface area (Å²) in [6.45, 7) is 1.75. The summed E-state index contributed by atoms with van der Waals surface area (Å²) >= 11 is 0. The number of aryl methyl sites for hydroxylation is 1. The second kappa shape index (κ2) is 8.50. The van der Waals surface area contributed by atoms with E-state index in [9.17, 15) is 22.0 Å². The van der Waals surface area contributed by atoms with Crippen LogP contribution in [0.5, 0.6) is 0 Å². The number of anilines is 1. The first-order valence-electron chi connectivity index (χ1n) is 8.67. The maximum absolute atomic E-state index is 13.3. The van der Waals surface area contributed by atoms with Gasteiger partial charge in [-0.1, -0.05) is 36.4 Å². The van der Waals surface area contributed by atoms with Crippen LogP contribution in [0.2, 0.25) is 0 Å². The van der Waals surface area contributed by atoms with Crippen molar-refractivity contribution in [3.63, 3.8) is 0 Å². The SMILES string of the molecule is Cc1ccc(S(=O)(=O)NCc2ccccc2)cc1C(=O)Nc1ccc(F)c(F)c1. The van der Waals surface area contributed by atoms with Crippen LogP contribution in [0.3, 0.4) is 0 Å². The Morgan fingerprint density at radius 3 is 2.34 bits per heavy atom. The van der Waals surface area contributed by atoms with Crippen molar-refractivity contribution >= 4 is 21.6 Å². The molecule has 2 N–H and O–H groups in total. The average Bonchev–Trinajstić information content (AvgIpc) is 2.70. The molecule has 0 aliphatic rings. The Labute approximate surface area is 167 Å². The summed E-state index contributed by atoms with van der Waals surface area (Å²) in [5.74, 6) is -2.76. The zero-order chi connectivity index (χ0) is 21.0. The lowest BCUT2D eigenvalue weighted by molar-refractivity contribution is 0.102. The van der Waals surface area contributed by atoms with Gasteiger partial charge in [0.15, 0.2) is 11.6 Å². The maximum Gasteiger partial charge on any atom is 0.255 e. The highest BCUT2D eigenvalue weighted by Crippen LogP contribution is 2.19. The molecule has 3 aromatic rings. The molecular weight excluding hydrogens is 398 g/mol. The van der Waals surface area contributed by atoms with Crippen molar-refractivity contribution in [3.8, 4) is 0 Å². The summed E-state index contributed by atoms with van der Waals surface area (Å²) < 4.78 is 54.1. The van der Waals surface area contributed by atoms with Crippen molar-refractivity contribution in [1.82, 2.24) is 4.72 Å². The number of hydrogen-bond donors (Lipinski definition) is 2. The van der Waals surface area contributed by atoms with Crippen LogP contribution in [-0.2, 0) is 16.6 Å². The molecule has 0 unspecified atom stereocenters. The predicted octanol–water partition coefficient (Wildman–Crippen LogP) is 4.00. The number of sulfonamides is 1. The van der Waals surface area contributed by atoms with Gasteiger partial charge in [-0.25, -0.2) is 21.9 Å². The highest BCUT2D eigenvalue weighted by molar-refractivity contribution is 7.89. The van der Waals surface area contributed by atoms with Crippen LogP contribution in [-0.4, -0.2) is 14.3 Å². The Morgan fingerprint density at radius 1 is 0.931 bits per heavy atom. The van der Waals surface area contributed by atoms with Gasteiger partial charge in [0.2, 0.25) is 10.0 Å². The number of halogens is 2. The molecule has 29 heavy (non-hydrogen) atoms. The molecule has 3 aromatic carbocycles. The first-order valence-corrected chi connectivity index (χ1v) is 10.2. The van der Waals surface area contributed by atoms with Gasteiger partial charge >= 0.3 is 0 Å². The smallest absolute Gasteiger partial charge is 0.255 e.